The molecule has 6 heteroatoms. The minimum atomic E-state index is -0.0273. The smallest absolute Gasteiger partial charge is 0.161 e. The van der Waals surface area contributed by atoms with Crippen molar-refractivity contribution in [2.24, 2.45) is 0 Å². The first kappa shape index (κ1) is 17.9. The molecule has 0 spiro atoms. The molecule has 0 saturated carbocycles. The van der Waals surface area contributed by atoms with Crippen LogP contribution in [0.1, 0.15) is 28.4 Å². The van der Waals surface area contributed by atoms with Gasteiger partial charge in [-0.05, 0) is 43.8 Å². The predicted molar refractivity (Wildman–Crippen MR) is 102 cm³/mol. The van der Waals surface area contributed by atoms with E-state index in [-0.39, 0.29) is 5.78 Å². The van der Waals surface area contributed by atoms with Crippen molar-refractivity contribution in [2.75, 3.05) is 43.4 Å². The van der Waals surface area contributed by atoms with E-state index >= 15 is 0 Å². The average Bonchev–Trinajstić information content (AvgIpc) is 2.67. The van der Waals surface area contributed by atoms with Gasteiger partial charge < -0.3 is 15.1 Å². The Kier molecular flexibility index (Phi) is 5.49. The molecule has 2 aromatic rings. The van der Waals surface area contributed by atoms with Gasteiger partial charge in [0.15, 0.2) is 5.78 Å². The third-order valence-corrected chi connectivity index (χ3v) is 4.65. The second-order valence-electron chi connectivity index (χ2n) is 6.60. The summed E-state index contributed by atoms with van der Waals surface area (Å²) in [7, 11) is 2.14. The van der Waals surface area contributed by atoms with E-state index in [9.17, 15) is 4.79 Å². The topological polar surface area (TPSA) is 72.3 Å². The summed E-state index contributed by atoms with van der Waals surface area (Å²) in [6, 6.07) is 11.3. The Bertz CT molecular complexity index is 817. The molecule has 0 radical (unpaired) electrons. The number of carbonyl (C=O) groups is 1. The van der Waals surface area contributed by atoms with Crippen LogP contribution in [0.4, 0.5) is 11.5 Å². The van der Waals surface area contributed by atoms with E-state index in [1.165, 1.54) is 6.92 Å². The van der Waals surface area contributed by atoms with Crippen LogP contribution in [0.25, 0.3) is 0 Å². The first-order valence-electron chi connectivity index (χ1n) is 8.74. The number of carbonyl (C=O) groups excluding carboxylic acids is 1. The van der Waals surface area contributed by atoms with Gasteiger partial charge in [0.05, 0.1) is 11.6 Å². The van der Waals surface area contributed by atoms with Crippen LogP contribution in [0, 0.1) is 11.3 Å². The molecule has 1 saturated heterocycles. The molecule has 26 heavy (non-hydrogen) atoms. The van der Waals surface area contributed by atoms with Gasteiger partial charge >= 0.3 is 0 Å². The molecular weight excluding hydrogens is 326 g/mol. The quantitative estimate of drug-likeness (QED) is 0.836. The number of hydrogen-bond donors (Lipinski definition) is 1. The summed E-state index contributed by atoms with van der Waals surface area (Å²) in [4.78, 5) is 21.0. The molecule has 6 nitrogen and oxygen atoms in total. The van der Waals surface area contributed by atoms with Crippen LogP contribution in [0.5, 0.6) is 0 Å². The Balaban J connectivity index is 1.67. The van der Waals surface area contributed by atoms with Gasteiger partial charge in [0.1, 0.15) is 5.82 Å². The zero-order valence-corrected chi connectivity index (χ0v) is 15.2. The number of nitriles is 1. The van der Waals surface area contributed by atoms with Gasteiger partial charge in [0, 0.05) is 50.2 Å². The molecule has 2 heterocycles. The predicted octanol–water partition coefficient (Wildman–Crippen LogP) is 2.52. The molecule has 1 N–H and O–H groups in total. The van der Waals surface area contributed by atoms with Crippen molar-refractivity contribution in [1.29, 1.82) is 5.26 Å². The minimum absolute atomic E-state index is 0.0273. The molecule has 0 amide bonds. The number of pyridine rings is 1. The lowest BCUT2D eigenvalue weighted by atomic mass is 10.1. The van der Waals surface area contributed by atoms with Gasteiger partial charge in [0.25, 0.3) is 0 Å². The molecule has 0 atom stereocenters. The van der Waals surface area contributed by atoms with Crippen molar-refractivity contribution in [3.63, 3.8) is 0 Å². The molecule has 0 unspecified atom stereocenters. The number of piperazine rings is 1. The number of ketones is 1. The number of benzene rings is 1. The van der Waals surface area contributed by atoms with Crippen LogP contribution >= 0.6 is 0 Å². The highest BCUT2D eigenvalue weighted by Gasteiger charge is 2.15. The number of aromatic nitrogens is 1. The standard InChI is InChI=1S/C20H23N5O/c1-15(26)18-5-3-16(12-21)11-19(18)22-13-17-4-6-20(23-14-17)25-9-7-24(2)8-10-25/h3-6,11,14,22H,7-10,13H2,1-2H3. The fraction of sp³-hybridized carbons (Fsp3) is 0.350. The molecule has 3 rings (SSSR count). The Labute approximate surface area is 154 Å². The van der Waals surface area contributed by atoms with Gasteiger partial charge in [-0.15, -0.1) is 0 Å². The van der Waals surface area contributed by atoms with Gasteiger partial charge in [0.2, 0.25) is 0 Å². The Morgan fingerprint density at radius 2 is 2.00 bits per heavy atom. The Morgan fingerprint density at radius 1 is 1.23 bits per heavy atom. The van der Waals surface area contributed by atoms with E-state index in [0.717, 1.165) is 37.6 Å². The number of anilines is 2. The van der Waals surface area contributed by atoms with E-state index in [4.69, 9.17) is 5.26 Å². The zero-order chi connectivity index (χ0) is 18.5. The molecule has 0 aliphatic carbocycles. The highest BCUT2D eigenvalue weighted by molar-refractivity contribution is 5.99. The third-order valence-electron chi connectivity index (χ3n) is 4.65. The maximum Gasteiger partial charge on any atom is 0.161 e. The molecule has 1 aromatic heterocycles. The van der Waals surface area contributed by atoms with Crippen LogP contribution in [0.3, 0.4) is 0 Å². The second-order valence-corrected chi connectivity index (χ2v) is 6.60. The maximum absolute atomic E-state index is 11.8. The summed E-state index contributed by atoms with van der Waals surface area (Å²) in [6.45, 7) is 6.15. The molecule has 1 aliphatic rings. The number of rotatable bonds is 5. The molecule has 1 aromatic carbocycles. The molecular formula is C20H23N5O. The SMILES string of the molecule is CC(=O)c1ccc(C#N)cc1NCc1ccc(N2CCN(C)CC2)nc1. The van der Waals surface area contributed by atoms with Crippen molar-refractivity contribution in [1.82, 2.24) is 9.88 Å². The Morgan fingerprint density at radius 3 is 2.62 bits per heavy atom. The van der Waals surface area contributed by atoms with Crippen LogP contribution in [0.15, 0.2) is 36.5 Å². The maximum atomic E-state index is 11.8. The van der Waals surface area contributed by atoms with Crippen LogP contribution in [0.2, 0.25) is 0 Å². The van der Waals surface area contributed by atoms with E-state index in [1.54, 1.807) is 18.2 Å². The lowest BCUT2D eigenvalue weighted by Crippen LogP contribution is -2.44. The van der Waals surface area contributed by atoms with E-state index in [2.05, 4.69) is 39.3 Å². The molecule has 1 aliphatic heterocycles. The highest BCUT2D eigenvalue weighted by Crippen LogP contribution is 2.20. The largest absolute Gasteiger partial charge is 0.380 e. The van der Waals surface area contributed by atoms with Gasteiger partial charge in [-0.2, -0.15) is 5.26 Å². The fourth-order valence-electron chi connectivity index (χ4n) is 3.01. The fourth-order valence-corrected chi connectivity index (χ4v) is 3.01. The number of hydrogen-bond acceptors (Lipinski definition) is 6. The Hall–Kier alpha value is -2.91. The minimum Gasteiger partial charge on any atom is -0.380 e. The normalized spacial score (nSPS) is 14.7. The second kappa shape index (κ2) is 7.98. The van der Waals surface area contributed by atoms with Gasteiger partial charge in [-0.25, -0.2) is 4.98 Å². The van der Waals surface area contributed by atoms with Gasteiger partial charge in [-0.1, -0.05) is 6.07 Å². The molecule has 0 bridgehead atoms. The van der Waals surface area contributed by atoms with Crippen molar-refractivity contribution < 1.29 is 4.79 Å². The first-order chi connectivity index (χ1) is 12.6. The van der Waals surface area contributed by atoms with Crippen LogP contribution in [-0.2, 0) is 6.54 Å². The van der Waals surface area contributed by atoms with Crippen molar-refractivity contribution in [3.8, 4) is 6.07 Å². The van der Waals surface area contributed by atoms with Crippen molar-refractivity contribution in [2.45, 2.75) is 13.5 Å². The lowest BCUT2D eigenvalue weighted by molar-refractivity contribution is 0.101. The third kappa shape index (κ3) is 4.19. The zero-order valence-electron chi connectivity index (χ0n) is 15.2. The van der Waals surface area contributed by atoms with E-state index in [0.29, 0.717) is 23.4 Å². The number of likely N-dealkylation sites (N-methyl/N-ethyl adjacent to an activating group) is 1. The monoisotopic (exact) mass is 349 g/mol. The summed E-state index contributed by atoms with van der Waals surface area (Å²) in [5.41, 5.74) is 2.83. The number of nitrogens with zero attached hydrogens (tertiary/aromatic N) is 4. The average molecular weight is 349 g/mol. The first-order valence-corrected chi connectivity index (χ1v) is 8.74. The summed E-state index contributed by atoms with van der Waals surface area (Å²) >= 11 is 0. The van der Waals surface area contributed by atoms with E-state index in [1.807, 2.05) is 12.3 Å². The molecule has 1 fully saturated rings. The van der Waals surface area contributed by atoms with Crippen molar-refractivity contribution in [3.05, 3.63) is 53.2 Å². The summed E-state index contributed by atoms with van der Waals surface area (Å²) in [6.07, 6.45) is 1.86. The van der Waals surface area contributed by atoms with Crippen LogP contribution in [-0.4, -0.2) is 48.9 Å². The van der Waals surface area contributed by atoms with Crippen LogP contribution < -0.4 is 10.2 Å². The number of nitrogens with one attached hydrogen (secondary N) is 1. The van der Waals surface area contributed by atoms with Gasteiger partial charge in [-0.3, -0.25) is 4.79 Å². The van der Waals surface area contributed by atoms with E-state index < -0.39 is 0 Å². The summed E-state index contributed by atoms with van der Waals surface area (Å²) < 4.78 is 0. The molecule has 134 valence electrons. The highest BCUT2D eigenvalue weighted by atomic mass is 16.1. The number of Topliss-reactive ketones (excluding diaryl/α,β-unsaturated/α-hetero) is 1. The summed E-state index contributed by atoms with van der Waals surface area (Å²) in [5.74, 6) is 0.971. The summed E-state index contributed by atoms with van der Waals surface area (Å²) in [5, 5.41) is 12.3. The van der Waals surface area contributed by atoms with Crippen molar-refractivity contribution >= 4 is 17.3 Å². The lowest BCUT2D eigenvalue weighted by Gasteiger charge is -2.33.